The summed E-state index contributed by atoms with van der Waals surface area (Å²) in [6.45, 7) is 2.03. The standard InChI is InChI=1S/C13H15BrN4O/c1-8-4-9(14)6-10(5-8)18-13-11(19-3)12(15-2)16-7-17-13/h4-7H,1-3H3,(H2,15,16,17,18). The number of methoxy groups -OCH3 is 1. The van der Waals surface area contributed by atoms with E-state index in [1.54, 1.807) is 14.2 Å². The van der Waals surface area contributed by atoms with Crippen molar-refractivity contribution >= 4 is 33.3 Å². The second-order valence-corrected chi connectivity index (χ2v) is 4.91. The van der Waals surface area contributed by atoms with E-state index in [1.807, 2.05) is 25.1 Å². The monoisotopic (exact) mass is 322 g/mol. The van der Waals surface area contributed by atoms with Gasteiger partial charge in [-0.15, -0.1) is 0 Å². The van der Waals surface area contributed by atoms with E-state index in [4.69, 9.17) is 4.74 Å². The molecule has 0 unspecified atom stereocenters. The minimum atomic E-state index is 0.586. The molecule has 6 heteroatoms. The van der Waals surface area contributed by atoms with Crippen LogP contribution in [0.5, 0.6) is 5.75 Å². The topological polar surface area (TPSA) is 59.1 Å². The molecule has 1 heterocycles. The van der Waals surface area contributed by atoms with Crippen LogP contribution in [0.2, 0.25) is 0 Å². The number of nitrogens with zero attached hydrogens (tertiary/aromatic N) is 2. The number of rotatable bonds is 4. The van der Waals surface area contributed by atoms with Crippen LogP contribution in [-0.2, 0) is 0 Å². The molecule has 0 amide bonds. The van der Waals surface area contributed by atoms with E-state index in [1.165, 1.54) is 6.33 Å². The third-order valence-electron chi connectivity index (χ3n) is 2.55. The summed E-state index contributed by atoms with van der Waals surface area (Å²) in [7, 11) is 3.38. The fourth-order valence-corrected chi connectivity index (χ4v) is 2.39. The van der Waals surface area contributed by atoms with Crippen LogP contribution in [0.15, 0.2) is 29.0 Å². The van der Waals surface area contributed by atoms with Crippen LogP contribution in [0.1, 0.15) is 5.56 Å². The van der Waals surface area contributed by atoms with Crippen molar-refractivity contribution in [2.45, 2.75) is 6.92 Å². The van der Waals surface area contributed by atoms with E-state index in [2.05, 4.69) is 36.5 Å². The first-order valence-electron chi connectivity index (χ1n) is 5.75. The maximum atomic E-state index is 5.34. The summed E-state index contributed by atoms with van der Waals surface area (Å²) in [4.78, 5) is 8.32. The van der Waals surface area contributed by atoms with Gasteiger partial charge in [-0.25, -0.2) is 9.97 Å². The van der Waals surface area contributed by atoms with Gasteiger partial charge in [0.05, 0.1) is 7.11 Å². The second-order valence-electron chi connectivity index (χ2n) is 4.00. The third-order valence-corrected chi connectivity index (χ3v) is 3.01. The molecule has 0 aliphatic rings. The lowest BCUT2D eigenvalue weighted by atomic mass is 10.2. The molecule has 0 saturated carbocycles. The summed E-state index contributed by atoms with van der Waals surface area (Å²) in [5, 5.41) is 6.20. The van der Waals surface area contributed by atoms with Crippen molar-refractivity contribution in [2.24, 2.45) is 0 Å². The number of aryl methyl sites for hydroxylation is 1. The molecule has 2 rings (SSSR count). The Morgan fingerprint density at radius 3 is 2.53 bits per heavy atom. The average Bonchev–Trinajstić information content (AvgIpc) is 2.37. The molecule has 1 aromatic carbocycles. The van der Waals surface area contributed by atoms with Gasteiger partial charge in [0.2, 0.25) is 5.75 Å². The summed E-state index contributed by atoms with van der Waals surface area (Å²) in [6, 6.07) is 6.06. The van der Waals surface area contributed by atoms with Gasteiger partial charge in [-0.1, -0.05) is 15.9 Å². The Bertz CT molecular complexity index is 569. The maximum absolute atomic E-state index is 5.34. The van der Waals surface area contributed by atoms with Gasteiger partial charge in [0, 0.05) is 17.2 Å². The van der Waals surface area contributed by atoms with Crippen molar-refractivity contribution in [3.63, 3.8) is 0 Å². The number of aromatic nitrogens is 2. The summed E-state index contributed by atoms with van der Waals surface area (Å²) in [6.07, 6.45) is 1.49. The van der Waals surface area contributed by atoms with Crippen molar-refractivity contribution in [2.75, 3.05) is 24.8 Å². The number of hydrogen-bond donors (Lipinski definition) is 2. The Labute approximate surface area is 120 Å². The molecular weight excluding hydrogens is 308 g/mol. The van der Waals surface area contributed by atoms with Crippen molar-refractivity contribution in [1.82, 2.24) is 9.97 Å². The molecule has 0 aliphatic carbocycles. The quantitative estimate of drug-likeness (QED) is 0.904. The van der Waals surface area contributed by atoms with Crippen LogP contribution in [0.3, 0.4) is 0 Å². The lowest BCUT2D eigenvalue weighted by Gasteiger charge is -2.13. The minimum Gasteiger partial charge on any atom is -0.490 e. The van der Waals surface area contributed by atoms with Gasteiger partial charge in [0.1, 0.15) is 6.33 Å². The van der Waals surface area contributed by atoms with Gasteiger partial charge in [0.15, 0.2) is 11.6 Å². The number of halogens is 1. The van der Waals surface area contributed by atoms with Crippen molar-refractivity contribution in [1.29, 1.82) is 0 Å². The van der Waals surface area contributed by atoms with E-state index in [0.29, 0.717) is 17.4 Å². The zero-order valence-corrected chi connectivity index (χ0v) is 12.6. The Balaban J connectivity index is 2.37. The predicted octanol–water partition coefficient (Wildman–Crippen LogP) is 3.34. The van der Waals surface area contributed by atoms with Crippen LogP contribution in [-0.4, -0.2) is 24.1 Å². The molecule has 0 aliphatic heterocycles. The Kier molecular flexibility index (Phi) is 4.21. The van der Waals surface area contributed by atoms with Crippen molar-refractivity contribution in [3.8, 4) is 5.75 Å². The molecule has 0 bridgehead atoms. The summed E-state index contributed by atoms with van der Waals surface area (Å²) >= 11 is 3.47. The van der Waals surface area contributed by atoms with Crippen molar-refractivity contribution in [3.05, 3.63) is 34.6 Å². The molecule has 0 atom stereocenters. The number of ether oxygens (including phenoxy) is 1. The number of benzene rings is 1. The summed E-state index contributed by atoms with van der Waals surface area (Å²) in [5.41, 5.74) is 2.09. The number of anilines is 3. The summed E-state index contributed by atoms with van der Waals surface area (Å²) < 4.78 is 6.35. The largest absolute Gasteiger partial charge is 0.490 e. The average molecular weight is 323 g/mol. The highest BCUT2D eigenvalue weighted by atomic mass is 79.9. The maximum Gasteiger partial charge on any atom is 0.204 e. The van der Waals surface area contributed by atoms with Crippen LogP contribution in [0.25, 0.3) is 0 Å². The van der Waals surface area contributed by atoms with Gasteiger partial charge in [-0.2, -0.15) is 0 Å². The zero-order valence-electron chi connectivity index (χ0n) is 11.0. The normalized spacial score (nSPS) is 10.1. The van der Waals surface area contributed by atoms with Gasteiger partial charge >= 0.3 is 0 Å². The van der Waals surface area contributed by atoms with Crippen LogP contribution in [0.4, 0.5) is 17.3 Å². The second kappa shape index (κ2) is 5.88. The van der Waals surface area contributed by atoms with Gasteiger partial charge in [-0.3, -0.25) is 0 Å². The first-order valence-corrected chi connectivity index (χ1v) is 6.54. The molecular formula is C13H15BrN4O. The molecule has 100 valence electrons. The fraction of sp³-hybridized carbons (Fsp3) is 0.231. The van der Waals surface area contributed by atoms with E-state index in [0.717, 1.165) is 15.7 Å². The van der Waals surface area contributed by atoms with Crippen LogP contribution >= 0.6 is 15.9 Å². The SMILES string of the molecule is CNc1ncnc(Nc2cc(C)cc(Br)c2)c1OC. The predicted molar refractivity (Wildman–Crippen MR) is 80.3 cm³/mol. The van der Waals surface area contributed by atoms with Crippen LogP contribution < -0.4 is 15.4 Å². The first-order chi connectivity index (χ1) is 9.13. The molecule has 0 spiro atoms. The third kappa shape index (κ3) is 3.14. The van der Waals surface area contributed by atoms with Crippen molar-refractivity contribution < 1.29 is 4.74 Å². The molecule has 2 aromatic rings. The number of nitrogens with one attached hydrogen (secondary N) is 2. The molecule has 1 aromatic heterocycles. The van der Waals surface area contributed by atoms with Crippen LogP contribution in [0, 0.1) is 6.92 Å². The molecule has 0 saturated heterocycles. The highest BCUT2D eigenvalue weighted by molar-refractivity contribution is 9.10. The van der Waals surface area contributed by atoms with Gasteiger partial charge < -0.3 is 15.4 Å². The van der Waals surface area contributed by atoms with Gasteiger partial charge in [0.25, 0.3) is 0 Å². The Hall–Kier alpha value is -1.82. The number of hydrogen-bond acceptors (Lipinski definition) is 5. The smallest absolute Gasteiger partial charge is 0.204 e. The van der Waals surface area contributed by atoms with E-state index in [-0.39, 0.29) is 0 Å². The fourth-order valence-electron chi connectivity index (χ4n) is 1.78. The highest BCUT2D eigenvalue weighted by Crippen LogP contribution is 2.31. The molecule has 0 radical (unpaired) electrons. The van der Waals surface area contributed by atoms with E-state index >= 15 is 0 Å². The highest BCUT2D eigenvalue weighted by Gasteiger charge is 2.11. The minimum absolute atomic E-state index is 0.586. The lowest BCUT2D eigenvalue weighted by molar-refractivity contribution is 0.415. The molecule has 0 fully saturated rings. The molecule has 19 heavy (non-hydrogen) atoms. The van der Waals surface area contributed by atoms with Gasteiger partial charge in [-0.05, 0) is 30.7 Å². The summed E-state index contributed by atoms with van der Waals surface area (Å²) in [5.74, 6) is 1.86. The molecule has 5 nitrogen and oxygen atoms in total. The molecule has 2 N–H and O–H groups in total. The Morgan fingerprint density at radius 1 is 1.16 bits per heavy atom. The first kappa shape index (κ1) is 13.6. The Morgan fingerprint density at radius 2 is 1.89 bits per heavy atom. The zero-order chi connectivity index (χ0) is 13.8. The lowest BCUT2D eigenvalue weighted by Crippen LogP contribution is -2.03. The van der Waals surface area contributed by atoms with E-state index < -0.39 is 0 Å². The van der Waals surface area contributed by atoms with E-state index in [9.17, 15) is 0 Å².